The molecule has 1 aromatic carbocycles. The van der Waals surface area contributed by atoms with Crippen LogP contribution < -0.4 is 4.74 Å². The van der Waals surface area contributed by atoms with Gasteiger partial charge in [-0.05, 0) is 68.6 Å². The van der Waals surface area contributed by atoms with Gasteiger partial charge in [-0.1, -0.05) is 13.8 Å². The Morgan fingerprint density at radius 1 is 1.00 bits per heavy atom. The molecule has 3 heterocycles. The Morgan fingerprint density at radius 2 is 1.69 bits per heavy atom. The minimum atomic E-state index is -0.114. The maximum absolute atomic E-state index is 13.1. The predicted octanol–water partition coefficient (Wildman–Crippen LogP) is 4.19. The van der Waals surface area contributed by atoms with Gasteiger partial charge < -0.3 is 14.2 Å². The third-order valence-electron chi connectivity index (χ3n) is 7.15. The van der Waals surface area contributed by atoms with E-state index in [-0.39, 0.29) is 17.2 Å². The van der Waals surface area contributed by atoms with Crippen molar-refractivity contribution in [3.63, 3.8) is 0 Å². The van der Waals surface area contributed by atoms with Gasteiger partial charge in [0.15, 0.2) is 5.78 Å². The number of piperidine rings is 1. The number of likely N-dealkylation sites (N-methyl/N-ethyl adjacent to an activating group) is 1. The lowest BCUT2D eigenvalue weighted by Crippen LogP contribution is -2.56. The van der Waals surface area contributed by atoms with Crippen molar-refractivity contribution in [3.05, 3.63) is 53.3 Å². The van der Waals surface area contributed by atoms with Crippen molar-refractivity contribution in [3.8, 4) is 5.75 Å². The molecule has 1 aromatic heterocycles. The molecule has 0 aliphatic carbocycles. The number of carbonyl (C=O) groups excluding carboxylic acids is 2. The lowest BCUT2D eigenvalue weighted by Gasteiger charge is -2.50. The van der Waals surface area contributed by atoms with Gasteiger partial charge in [0.25, 0.3) is 5.91 Å². The lowest BCUT2D eigenvalue weighted by molar-refractivity contribution is 0.0128. The van der Waals surface area contributed by atoms with E-state index in [1.807, 2.05) is 35.2 Å². The molecular weight excluding hydrogens is 402 g/mol. The van der Waals surface area contributed by atoms with Gasteiger partial charge in [0.1, 0.15) is 5.75 Å². The Kier molecular flexibility index (Phi) is 6.42. The summed E-state index contributed by atoms with van der Waals surface area (Å²) < 4.78 is 7.97. The number of fused-ring (bicyclic) bond motifs is 2. The minimum Gasteiger partial charge on any atom is -0.494 e. The van der Waals surface area contributed by atoms with Crippen molar-refractivity contribution < 1.29 is 14.3 Å². The predicted molar refractivity (Wildman–Crippen MR) is 125 cm³/mol. The summed E-state index contributed by atoms with van der Waals surface area (Å²) in [5, 5.41) is 0. The second kappa shape index (κ2) is 9.10. The molecular formula is C26H35N3O3. The van der Waals surface area contributed by atoms with Crippen LogP contribution >= 0.6 is 0 Å². The summed E-state index contributed by atoms with van der Waals surface area (Å²) in [6.45, 7) is 9.84. The fraction of sp³-hybridized carbons (Fsp3) is 0.538. The van der Waals surface area contributed by atoms with E-state index in [4.69, 9.17) is 4.74 Å². The first kappa shape index (κ1) is 22.6. The molecule has 6 nitrogen and oxygen atoms in total. The number of hydrogen-bond acceptors (Lipinski definition) is 4. The van der Waals surface area contributed by atoms with Gasteiger partial charge >= 0.3 is 0 Å². The summed E-state index contributed by atoms with van der Waals surface area (Å²) in [6.07, 6.45) is 2.75. The zero-order valence-electron chi connectivity index (χ0n) is 19.8. The topological polar surface area (TPSA) is 54.8 Å². The second-order valence-electron chi connectivity index (χ2n) is 9.61. The van der Waals surface area contributed by atoms with Crippen LogP contribution in [0.5, 0.6) is 5.75 Å². The highest BCUT2D eigenvalue weighted by Gasteiger charge is 2.45. The fourth-order valence-electron chi connectivity index (χ4n) is 5.09. The van der Waals surface area contributed by atoms with Crippen LogP contribution in [0.2, 0.25) is 0 Å². The molecule has 172 valence electrons. The summed E-state index contributed by atoms with van der Waals surface area (Å²) in [4.78, 5) is 29.5. The molecule has 0 radical (unpaired) electrons. The smallest absolute Gasteiger partial charge is 0.253 e. The van der Waals surface area contributed by atoms with Crippen LogP contribution in [0.25, 0.3) is 0 Å². The number of carbonyl (C=O) groups is 2. The van der Waals surface area contributed by atoms with Crippen molar-refractivity contribution in [2.75, 3.05) is 33.3 Å². The van der Waals surface area contributed by atoms with Gasteiger partial charge in [-0.3, -0.25) is 14.5 Å². The number of rotatable bonds is 6. The first-order chi connectivity index (χ1) is 15.3. The van der Waals surface area contributed by atoms with E-state index in [0.717, 1.165) is 43.8 Å². The Morgan fingerprint density at radius 3 is 2.31 bits per heavy atom. The number of nitrogens with zero attached hydrogens (tertiary/aromatic N) is 3. The van der Waals surface area contributed by atoms with E-state index in [0.29, 0.717) is 31.2 Å². The highest BCUT2D eigenvalue weighted by Crippen LogP contribution is 2.41. The monoisotopic (exact) mass is 437 g/mol. The highest BCUT2D eigenvalue weighted by atomic mass is 16.5. The third kappa shape index (κ3) is 4.20. The van der Waals surface area contributed by atoms with E-state index in [2.05, 4.69) is 36.4 Å². The maximum atomic E-state index is 13.1. The van der Waals surface area contributed by atoms with E-state index in [9.17, 15) is 9.59 Å². The number of aromatic nitrogens is 1. The first-order valence-electron chi connectivity index (χ1n) is 11.8. The average Bonchev–Trinajstić information content (AvgIpc) is 3.22. The Labute approximate surface area is 191 Å². The van der Waals surface area contributed by atoms with Gasteiger partial charge in [-0.15, -0.1) is 0 Å². The van der Waals surface area contributed by atoms with Gasteiger partial charge in [-0.2, -0.15) is 0 Å². The van der Waals surface area contributed by atoms with Crippen molar-refractivity contribution in [1.29, 1.82) is 0 Å². The molecule has 1 fully saturated rings. The van der Waals surface area contributed by atoms with Crippen LogP contribution in [0.15, 0.2) is 36.4 Å². The molecule has 2 aromatic rings. The van der Waals surface area contributed by atoms with E-state index in [1.165, 1.54) is 5.69 Å². The summed E-state index contributed by atoms with van der Waals surface area (Å²) in [5.41, 5.74) is 2.60. The van der Waals surface area contributed by atoms with Crippen LogP contribution in [-0.2, 0) is 12.1 Å². The molecule has 1 amide bonds. The molecule has 2 aliphatic heterocycles. The normalized spacial score (nSPS) is 18.1. The number of ketones is 1. The molecule has 1 saturated heterocycles. The van der Waals surface area contributed by atoms with Crippen molar-refractivity contribution in [2.45, 2.75) is 52.1 Å². The molecule has 1 spiro atoms. The molecule has 0 atom stereocenters. The Hall–Kier alpha value is -2.60. The van der Waals surface area contributed by atoms with Gasteiger partial charge in [-0.25, -0.2) is 0 Å². The fourth-order valence-corrected chi connectivity index (χ4v) is 5.09. The highest BCUT2D eigenvalue weighted by molar-refractivity contribution is 5.94. The minimum absolute atomic E-state index is 0.0758. The zero-order valence-corrected chi connectivity index (χ0v) is 19.8. The van der Waals surface area contributed by atoms with Gasteiger partial charge in [0.05, 0.1) is 17.8 Å². The molecule has 4 rings (SSSR count). The van der Waals surface area contributed by atoms with Crippen LogP contribution in [0.4, 0.5) is 0 Å². The number of hydrogen-bond donors (Lipinski definition) is 0. The first-order valence-corrected chi connectivity index (χ1v) is 11.8. The number of amides is 1. The van der Waals surface area contributed by atoms with Crippen molar-refractivity contribution in [2.24, 2.45) is 5.92 Å². The molecule has 2 aliphatic rings. The number of Topliss-reactive ketones (excluding diaryl/α,β-unsaturated/α-hetero) is 1. The third-order valence-corrected chi connectivity index (χ3v) is 7.15. The van der Waals surface area contributed by atoms with Crippen LogP contribution in [0, 0.1) is 5.92 Å². The summed E-state index contributed by atoms with van der Waals surface area (Å²) in [7, 11) is 2.17. The number of ether oxygens (including phenoxy) is 1. The number of benzene rings is 1. The molecule has 6 heteroatoms. The maximum Gasteiger partial charge on any atom is 0.253 e. The quantitative estimate of drug-likeness (QED) is 0.636. The average molecular weight is 438 g/mol. The molecule has 0 bridgehead atoms. The van der Waals surface area contributed by atoms with Crippen LogP contribution in [-0.4, -0.2) is 59.3 Å². The Balaban J connectivity index is 1.43. The molecule has 0 saturated carbocycles. The summed E-state index contributed by atoms with van der Waals surface area (Å²) in [5.74, 6) is 1.61. The van der Waals surface area contributed by atoms with E-state index >= 15 is 0 Å². The van der Waals surface area contributed by atoms with Crippen LogP contribution in [0.3, 0.4) is 0 Å². The van der Waals surface area contributed by atoms with Gasteiger partial charge in [0.2, 0.25) is 0 Å². The molecule has 32 heavy (non-hydrogen) atoms. The second-order valence-corrected chi connectivity index (χ2v) is 9.61. The van der Waals surface area contributed by atoms with E-state index < -0.39 is 0 Å². The molecule has 0 N–H and O–H groups in total. The van der Waals surface area contributed by atoms with Crippen LogP contribution in [0.1, 0.15) is 66.6 Å². The largest absolute Gasteiger partial charge is 0.494 e. The summed E-state index contributed by atoms with van der Waals surface area (Å²) >= 11 is 0. The van der Waals surface area contributed by atoms with Crippen molar-refractivity contribution >= 4 is 11.7 Å². The van der Waals surface area contributed by atoms with Gasteiger partial charge in [0, 0.05) is 44.4 Å². The van der Waals surface area contributed by atoms with E-state index in [1.54, 1.807) is 6.92 Å². The van der Waals surface area contributed by atoms with Crippen molar-refractivity contribution in [1.82, 2.24) is 14.4 Å². The zero-order chi connectivity index (χ0) is 22.9. The number of likely N-dealkylation sites (tertiary alicyclic amines) is 1. The molecule has 0 unspecified atom stereocenters. The standard InChI is InChI=1S/C26H35N3O3/c1-19(2)11-18-32-22-7-5-21(6-8-22)25(31)28-14-12-26(13-15-28)24-10-9-23(20(3)30)29(24)17-16-27(26)4/h5-10,19H,11-18H2,1-4H3. The SMILES string of the molecule is CC(=O)c1ccc2n1CCN(C)C21CCN(C(=O)c2ccc(OCCC(C)C)cc2)CC1. The summed E-state index contributed by atoms with van der Waals surface area (Å²) in [6, 6.07) is 11.6. The Bertz CT molecular complexity index is 969. The lowest BCUT2D eigenvalue weighted by atomic mass is 9.81.